The molecule has 0 saturated heterocycles. The van der Waals surface area contributed by atoms with Crippen molar-refractivity contribution in [3.63, 3.8) is 0 Å². The van der Waals surface area contributed by atoms with E-state index in [2.05, 4.69) is 5.32 Å². The van der Waals surface area contributed by atoms with Gasteiger partial charge in [0.25, 0.3) is 0 Å². The fourth-order valence-electron chi connectivity index (χ4n) is 1.72. The van der Waals surface area contributed by atoms with E-state index in [0.717, 1.165) is 6.07 Å². The molecule has 0 aliphatic carbocycles. The molecule has 2 rings (SSSR count). The van der Waals surface area contributed by atoms with Gasteiger partial charge in [0.05, 0.1) is 5.02 Å². The number of anilines is 1. The van der Waals surface area contributed by atoms with Gasteiger partial charge in [-0.2, -0.15) is 0 Å². The summed E-state index contributed by atoms with van der Waals surface area (Å²) >= 11 is 5.59. The molecule has 0 saturated carbocycles. The molecule has 6 heteroatoms. The van der Waals surface area contributed by atoms with Gasteiger partial charge in [-0.3, -0.25) is 4.79 Å². The second-order valence-electron chi connectivity index (χ2n) is 4.16. The van der Waals surface area contributed by atoms with Gasteiger partial charge in [0, 0.05) is 5.69 Å². The quantitative estimate of drug-likeness (QED) is 0.910. The van der Waals surface area contributed by atoms with Crippen LogP contribution in [-0.2, 0) is 4.79 Å². The number of nitrogens with one attached hydrogen (secondary N) is 1. The molecule has 0 heterocycles. The van der Waals surface area contributed by atoms with Crippen molar-refractivity contribution in [2.24, 2.45) is 5.73 Å². The summed E-state index contributed by atoms with van der Waals surface area (Å²) in [6.45, 7) is 0. The standard InChI is InChI=1S/C14H11ClF2N2O/c15-11-6-1-8(7-12(11)17)13(14(18)20)19-10-4-2-9(16)3-5-10/h1-7,13,19H,(H2,18,20). The number of carbonyl (C=O) groups is 1. The van der Waals surface area contributed by atoms with Crippen LogP contribution < -0.4 is 11.1 Å². The Hall–Kier alpha value is -2.14. The monoisotopic (exact) mass is 296 g/mol. The summed E-state index contributed by atoms with van der Waals surface area (Å²) in [6, 6.07) is 8.42. The van der Waals surface area contributed by atoms with Crippen molar-refractivity contribution < 1.29 is 13.6 Å². The molecule has 1 amide bonds. The predicted octanol–water partition coefficient (Wildman–Crippen LogP) is 3.26. The molecule has 1 unspecified atom stereocenters. The largest absolute Gasteiger partial charge is 0.370 e. The molecule has 3 nitrogen and oxygen atoms in total. The summed E-state index contributed by atoms with van der Waals surface area (Å²) < 4.78 is 26.3. The summed E-state index contributed by atoms with van der Waals surface area (Å²) in [5.74, 6) is -1.73. The summed E-state index contributed by atoms with van der Waals surface area (Å²) in [5, 5.41) is 2.77. The Morgan fingerprint density at radius 2 is 1.80 bits per heavy atom. The third-order valence-electron chi connectivity index (χ3n) is 2.72. The third kappa shape index (κ3) is 3.24. The van der Waals surface area contributed by atoms with Crippen LogP contribution in [0.3, 0.4) is 0 Å². The number of rotatable bonds is 4. The molecule has 104 valence electrons. The number of nitrogens with two attached hydrogens (primary N) is 1. The average molecular weight is 297 g/mol. The zero-order valence-corrected chi connectivity index (χ0v) is 11.0. The second-order valence-corrected chi connectivity index (χ2v) is 4.57. The van der Waals surface area contributed by atoms with Gasteiger partial charge < -0.3 is 11.1 Å². The zero-order chi connectivity index (χ0) is 14.7. The molecule has 2 aromatic rings. The first-order valence-electron chi connectivity index (χ1n) is 5.74. The number of hydrogen-bond acceptors (Lipinski definition) is 2. The van der Waals surface area contributed by atoms with Crippen LogP contribution in [0.25, 0.3) is 0 Å². The van der Waals surface area contributed by atoms with Crippen molar-refractivity contribution in [3.8, 4) is 0 Å². The number of primary amides is 1. The summed E-state index contributed by atoms with van der Waals surface area (Å²) in [6.07, 6.45) is 0. The first kappa shape index (κ1) is 14.3. The smallest absolute Gasteiger partial charge is 0.244 e. The molecular formula is C14H11ClF2N2O. The van der Waals surface area contributed by atoms with E-state index < -0.39 is 23.6 Å². The highest BCUT2D eigenvalue weighted by Crippen LogP contribution is 2.23. The highest BCUT2D eigenvalue weighted by Gasteiger charge is 2.19. The van der Waals surface area contributed by atoms with Crippen LogP contribution in [-0.4, -0.2) is 5.91 Å². The van der Waals surface area contributed by atoms with E-state index in [-0.39, 0.29) is 5.02 Å². The topological polar surface area (TPSA) is 55.1 Å². The lowest BCUT2D eigenvalue weighted by molar-refractivity contribution is -0.118. The van der Waals surface area contributed by atoms with E-state index in [4.69, 9.17) is 17.3 Å². The van der Waals surface area contributed by atoms with E-state index >= 15 is 0 Å². The minimum Gasteiger partial charge on any atom is -0.370 e. The van der Waals surface area contributed by atoms with Gasteiger partial charge >= 0.3 is 0 Å². The van der Waals surface area contributed by atoms with Crippen LogP contribution >= 0.6 is 11.6 Å². The van der Waals surface area contributed by atoms with Gasteiger partial charge in [0.2, 0.25) is 5.91 Å². The minimum atomic E-state index is -0.938. The summed E-state index contributed by atoms with van der Waals surface area (Å²) in [7, 11) is 0. The Morgan fingerprint density at radius 3 is 2.35 bits per heavy atom. The number of benzene rings is 2. The Balaban J connectivity index is 2.29. The van der Waals surface area contributed by atoms with E-state index in [0.29, 0.717) is 11.3 Å². The fraction of sp³-hybridized carbons (Fsp3) is 0.0714. The van der Waals surface area contributed by atoms with Crippen LogP contribution in [0, 0.1) is 11.6 Å². The number of carbonyl (C=O) groups excluding carboxylic acids is 1. The first-order chi connectivity index (χ1) is 9.47. The molecule has 0 bridgehead atoms. The molecule has 0 spiro atoms. The Kier molecular flexibility index (Phi) is 4.20. The molecule has 0 fully saturated rings. The third-order valence-corrected chi connectivity index (χ3v) is 3.02. The maximum atomic E-state index is 13.4. The van der Waals surface area contributed by atoms with Crippen LogP contribution in [0.2, 0.25) is 5.02 Å². The molecule has 0 aliphatic heterocycles. The highest BCUT2D eigenvalue weighted by atomic mass is 35.5. The van der Waals surface area contributed by atoms with Crippen LogP contribution in [0.5, 0.6) is 0 Å². The van der Waals surface area contributed by atoms with Crippen LogP contribution in [0.15, 0.2) is 42.5 Å². The maximum absolute atomic E-state index is 13.4. The summed E-state index contributed by atoms with van der Waals surface area (Å²) in [4.78, 5) is 11.5. The number of halogens is 3. The van der Waals surface area contributed by atoms with Crippen molar-refractivity contribution in [3.05, 3.63) is 64.7 Å². The van der Waals surface area contributed by atoms with Gasteiger partial charge in [-0.25, -0.2) is 8.78 Å². The second kappa shape index (κ2) is 5.88. The van der Waals surface area contributed by atoms with Gasteiger partial charge in [-0.1, -0.05) is 17.7 Å². The fourth-order valence-corrected chi connectivity index (χ4v) is 1.84. The van der Waals surface area contributed by atoms with Crippen molar-refractivity contribution >= 4 is 23.2 Å². The number of amides is 1. The molecule has 0 aromatic heterocycles. The zero-order valence-electron chi connectivity index (χ0n) is 10.2. The van der Waals surface area contributed by atoms with E-state index in [1.54, 1.807) is 0 Å². The highest BCUT2D eigenvalue weighted by molar-refractivity contribution is 6.30. The van der Waals surface area contributed by atoms with E-state index in [9.17, 15) is 13.6 Å². The van der Waals surface area contributed by atoms with Crippen molar-refractivity contribution in [1.29, 1.82) is 0 Å². The number of hydrogen-bond donors (Lipinski definition) is 2. The van der Waals surface area contributed by atoms with Crippen molar-refractivity contribution in [1.82, 2.24) is 0 Å². The average Bonchev–Trinajstić information content (AvgIpc) is 2.41. The van der Waals surface area contributed by atoms with Crippen molar-refractivity contribution in [2.75, 3.05) is 5.32 Å². The van der Waals surface area contributed by atoms with Crippen LogP contribution in [0.1, 0.15) is 11.6 Å². The molecule has 2 aromatic carbocycles. The van der Waals surface area contributed by atoms with Gasteiger partial charge in [0.1, 0.15) is 17.7 Å². The van der Waals surface area contributed by atoms with Gasteiger partial charge in [-0.05, 0) is 42.0 Å². The molecule has 1 atom stereocenters. The lowest BCUT2D eigenvalue weighted by atomic mass is 10.1. The first-order valence-corrected chi connectivity index (χ1v) is 6.11. The lowest BCUT2D eigenvalue weighted by Gasteiger charge is -2.17. The minimum absolute atomic E-state index is 0.0428. The maximum Gasteiger partial charge on any atom is 0.244 e. The Labute approximate surface area is 119 Å². The Bertz CT molecular complexity index is 632. The Morgan fingerprint density at radius 1 is 1.15 bits per heavy atom. The molecule has 20 heavy (non-hydrogen) atoms. The lowest BCUT2D eigenvalue weighted by Crippen LogP contribution is -2.27. The molecular weight excluding hydrogens is 286 g/mol. The van der Waals surface area contributed by atoms with Crippen molar-refractivity contribution in [2.45, 2.75) is 6.04 Å². The molecule has 3 N–H and O–H groups in total. The van der Waals surface area contributed by atoms with Gasteiger partial charge in [0.15, 0.2) is 0 Å². The van der Waals surface area contributed by atoms with Crippen LogP contribution in [0.4, 0.5) is 14.5 Å². The normalized spacial score (nSPS) is 11.9. The molecule has 0 radical (unpaired) electrons. The summed E-state index contributed by atoms with van der Waals surface area (Å²) in [5.41, 5.74) is 6.13. The predicted molar refractivity (Wildman–Crippen MR) is 73.4 cm³/mol. The van der Waals surface area contributed by atoms with E-state index in [1.165, 1.54) is 36.4 Å². The van der Waals surface area contributed by atoms with E-state index in [1.807, 2.05) is 0 Å². The molecule has 0 aliphatic rings. The van der Waals surface area contributed by atoms with Gasteiger partial charge in [-0.15, -0.1) is 0 Å². The SMILES string of the molecule is NC(=O)C(Nc1ccc(F)cc1)c1ccc(Cl)c(F)c1.